The van der Waals surface area contributed by atoms with Gasteiger partial charge in [0.25, 0.3) is 0 Å². The molecule has 2 rings (SSSR count). The molecule has 1 saturated heterocycles. The lowest BCUT2D eigenvalue weighted by molar-refractivity contribution is 0.516. The minimum atomic E-state index is 0.335. The van der Waals surface area contributed by atoms with E-state index in [4.69, 9.17) is 6.42 Å². The van der Waals surface area contributed by atoms with Gasteiger partial charge in [-0.05, 0) is 19.3 Å². The lowest BCUT2D eigenvalue weighted by Gasteiger charge is -2.08. The Bertz CT molecular complexity index is 351. The molecule has 1 aliphatic heterocycles. The van der Waals surface area contributed by atoms with E-state index in [0.29, 0.717) is 18.0 Å². The van der Waals surface area contributed by atoms with Gasteiger partial charge in [0.05, 0.1) is 12.2 Å². The van der Waals surface area contributed by atoms with Gasteiger partial charge >= 0.3 is 0 Å². The van der Waals surface area contributed by atoms with Crippen molar-refractivity contribution in [2.24, 2.45) is 5.92 Å². The summed E-state index contributed by atoms with van der Waals surface area (Å²) < 4.78 is 0. The molecule has 0 unspecified atom stereocenters. The van der Waals surface area contributed by atoms with Crippen LogP contribution in [0.2, 0.25) is 0 Å². The minimum absolute atomic E-state index is 0.335. The van der Waals surface area contributed by atoms with Crippen molar-refractivity contribution in [1.82, 2.24) is 15.3 Å². The molecule has 0 aliphatic carbocycles. The van der Waals surface area contributed by atoms with E-state index in [0.717, 1.165) is 17.9 Å². The van der Waals surface area contributed by atoms with Gasteiger partial charge in [0.15, 0.2) is 0 Å². The van der Waals surface area contributed by atoms with E-state index in [9.17, 15) is 0 Å². The lowest BCUT2D eigenvalue weighted by Crippen LogP contribution is -2.24. The first-order valence-electron chi connectivity index (χ1n) is 4.98. The second kappa shape index (κ2) is 3.47. The van der Waals surface area contributed by atoms with Crippen LogP contribution in [-0.2, 0) is 0 Å². The van der Waals surface area contributed by atoms with E-state index in [1.54, 1.807) is 6.20 Å². The van der Waals surface area contributed by atoms with Gasteiger partial charge in [-0.2, -0.15) is 0 Å². The molecule has 0 aromatic carbocycles. The highest BCUT2D eigenvalue weighted by molar-refractivity contribution is 5.23. The molecule has 1 aromatic rings. The fourth-order valence-corrected chi connectivity index (χ4v) is 1.90. The number of hydrogen-bond donors (Lipinski definition) is 2. The molecule has 14 heavy (non-hydrogen) atoms. The fraction of sp³-hybridized carbons (Fsp3) is 0.545. The number of imidazole rings is 1. The maximum absolute atomic E-state index is 5.27. The number of nitrogens with one attached hydrogen (secondary N) is 2. The minimum Gasteiger partial charge on any atom is -0.334 e. The van der Waals surface area contributed by atoms with E-state index >= 15 is 0 Å². The van der Waals surface area contributed by atoms with Gasteiger partial charge in [0.1, 0.15) is 11.5 Å². The average molecular weight is 189 g/mol. The first-order valence-corrected chi connectivity index (χ1v) is 4.98. The highest BCUT2D eigenvalue weighted by Crippen LogP contribution is 2.28. The molecule has 3 atom stereocenters. The van der Waals surface area contributed by atoms with Gasteiger partial charge in [0, 0.05) is 6.04 Å². The van der Waals surface area contributed by atoms with Gasteiger partial charge in [-0.1, -0.05) is 12.8 Å². The Balaban J connectivity index is 2.14. The number of hydrogen-bond acceptors (Lipinski definition) is 2. The first kappa shape index (κ1) is 9.29. The molecule has 2 heterocycles. The van der Waals surface area contributed by atoms with Crippen molar-refractivity contribution >= 4 is 0 Å². The standard InChI is InChI=1S/C11H15N3/c1-4-9-6-12-11(14-9)10-5-7(2)8(3)13-10/h1,6-8,10,13H,5H2,2-3H3,(H,12,14)/t7-,8-,10+/m1/s1. The molecule has 1 aromatic heterocycles. The summed E-state index contributed by atoms with van der Waals surface area (Å²) in [5.41, 5.74) is 0.758. The third kappa shape index (κ3) is 1.53. The molecule has 1 fully saturated rings. The topological polar surface area (TPSA) is 40.7 Å². The van der Waals surface area contributed by atoms with Crippen molar-refractivity contribution in [2.75, 3.05) is 0 Å². The van der Waals surface area contributed by atoms with Crippen molar-refractivity contribution in [2.45, 2.75) is 32.4 Å². The molecule has 0 radical (unpaired) electrons. The van der Waals surface area contributed by atoms with Gasteiger partial charge < -0.3 is 10.3 Å². The molecule has 0 spiro atoms. The molecule has 0 saturated carbocycles. The Hall–Kier alpha value is -1.27. The fourth-order valence-electron chi connectivity index (χ4n) is 1.90. The molecule has 74 valence electrons. The van der Waals surface area contributed by atoms with E-state index in [1.807, 2.05) is 0 Å². The highest BCUT2D eigenvalue weighted by atomic mass is 15.1. The van der Waals surface area contributed by atoms with Crippen molar-refractivity contribution in [3.05, 3.63) is 17.7 Å². The quantitative estimate of drug-likeness (QED) is 0.656. The predicted octanol–water partition coefficient (Wildman–Crippen LogP) is 1.45. The van der Waals surface area contributed by atoms with E-state index in [2.05, 4.69) is 35.1 Å². The van der Waals surface area contributed by atoms with Gasteiger partial charge in [0.2, 0.25) is 0 Å². The Morgan fingerprint density at radius 2 is 2.36 bits per heavy atom. The molecular formula is C11H15N3. The third-order valence-electron chi connectivity index (χ3n) is 3.01. The zero-order valence-electron chi connectivity index (χ0n) is 8.54. The van der Waals surface area contributed by atoms with Gasteiger partial charge in [-0.25, -0.2) is 4.98 Å². The van der Waals surface area contributed by atoms with E-state index in [-0.39, 0.29) is 0 Å². The number of terminal acetylenes is 1. The number of H-pyrrole nitrogens is 1. The molecule has 0 bridgehead atoms. The van der Waals surface area contributed by atoms with Crippen molar-refractivity contribution in [3.63, 3.8) is 0 Å². The summed E-state index contributed by atoms with van der Waals surface area (Å²) in [5.74, 6) is 4.21. The highest BCUT2D eigenvalue weighted by Gasteiger charge is 2.29. The summed E-state index contributed by atoms with van der Waals surface area (Å²) in [5, 5.41) is 3.49. The Labute approximate surface area is 84.3 Å². The van der Waals surface area contributed by atoms with Crippen molar-refractivity contribution in [3.8, 4) is 12.3 Å². The Morgan fingerprint density at radius 3 is 2.86 bits per heavy atom. The van der Waals surface area contributed by atoms with Crippen LogP contribution in [0, 0.1) is 18.3 Å². The SMILES string of the molecule is C#Cc1cnc([C@@H]2C[C@@H](C)[C@@H](C)N2)[nH]1. The van der Waals surface area contributed by atoms with Crippen LogP contribution in [-0.4, -0.2) is 16.0 Å². The van der Waals surface area contributed by atoms with E-state index in [1.165, 1.54) is 0 Å². The van der Waals surface area contributed by atoms with Gasteiger partial charge in [-0.15, -0.1) is 6.42 Å². The maximum Gasteiger partial charge on any atom is 0.124 e. The molecule has 3 nitrogen and oxygen atoms in total. The summed E-state index contributed by atoms with van der Waals surface area (Å²) in [6, 6.07) is 0.890. The van der Waals surface area contributed by atoms with Crippen LogP contribution in [0.15, 0.2) is 6.20 Å². The maximum atomic E-state index is 5.27. The second-order valence-electron chi connectivity index (χ2n) is 4.05. The van der Waals surface area contributed by atoms with Crippen molar-refractivity contribution < 1.29 is 0 Å². The zero-order chi connectivity index (χ0) is 10.1. The Kier molecular flexibility index (Phi) is 2.30. The van der Waals surface area contributed by atoms with Crippen LogP contribution in [0.3, 0.4) is 0 Å². The van der Waals surface area contributed by atoms with Crippen LogP contribution in [0.25, 0.3) is 0 Å². The molecule has 0 amide bonds. The normalized spacial score (nSPS) is 31.6. The van der Waals surface area contributed by atoms with E-state index < -0.39 is 0 Å². The van der Waals surface area contributed by atoms with Crippen molar-refractivity contribution in [1.29, 1.82) is 0 Å². The Morgan fingerprint density at radius 1 is 1.57 bits per heavy atom. The predicted molar refractivity (Wildman–Crippen MR) is 55.6 cm³/mol. The second-order valence-corrected chi connectivity index (χ2v) is 4.05. The van der Waals surface area contributed by atoms with Crippen LogP contribution in [0.4, 0.5) is 0 Å². The third-order valence-corrected chi connectivity index (χ3v) is 3.01. The molecule has 1 aliphatic rings. The molecule has 3 heteroatoms. The molecular weight excluding hydrogens is 174 g/mol. The molecule has 2 N–H and O–H groups in total. The van der Waals surface area contributed by atoms with Crippen LogP contribution in [0.1, 0.15) is 37.8 Å². The summed E-state index contributed by atoms with van der Waals surface area (Å²) >= 11 is 0. The monoisotopic (exact) mass is 189 g/mol. The summed E-state index contributed by atoms with van der Waals surface area (Å²) in [6.07, 6.45) is 8.11. The zero-order valence-corrected chi connectivity index (χ0v) is 8.54. The average Bonchev–Trinajstić information content (AvgIpc) is 2.74. The number of rotatable bonds is 1. The largest absolute Gasteiger partial charge is 0.334 e. The summed E-state index contributed by atoms with van der Waals surface area (Å²) in [7, 11) is 0. The number of aromatic amines is 1. The smallest absolute Gasteiger partial charge is 0.124 e. The summed E-state index contributed by atoms with van der Waals surface area (Å²) in [4.78, 5) is 7.41. The lowest BCUT2D eigenvalue weighted by atomic mass is 10.0. The number of nitrogens with zero attached hydrogens (tertiary/aromatic N) is 1. The van der Waals surface area contributed by atoms with Gasteiger partial charge in [-0.3, -0.25) is 0 Å². The summed E-state index contributed by atoms with van der Waals surface area (Å²) in [6.45, 7) is 4.46. The number of aromatic nitrogens is 2. The van der Waals surface area contributed by atoms with Crippen LogP contribution in [0.5, 0.6) is 0 Å². The van der Waals surface area contributed by atoms with Crippen LogP contribution < -0.4 is 5.32 Å². The first-order chi connectivity index (χ1) is 6.70. The van der Waals surface area contributed by atoms with Crippen LogP contribution >= 0.6 is 0 Å².